The average molecular weight is 443 g/mol. The van der Waals surface area contributed by atoms with Crippen LogP contribution in [0.15, 0.2) is 11.1 Å². The lowest BCUT2D eigenvalue weighted by Crippen LogP contribution is -2.50. The summed E-state index contributed by atoms with van der Waals surface area (Å²) in [5.74, 6) is 5.45. The van der Waals surface area contributed by atoms with Gasteiger partial charge in [0.15, 0.2) is 0 Å². The minimum Gasteiger partial charge on any atom is -0.393 e. The molecule has 8 atom stereocenters. The minimum absolute atomic E-state index is 0.0611. The summed E-state index contributed by atoms with van der Waals surface area (Å²) in [7, 11) is 0. The third-order valence-corrected chi connectivity index (χ3v) is 11.2. The standard InChI is InChI=1S/C31H54O/c1-20(2)9-8-10-22(5)25-13-14-26-23-11-12-27-24(19-21(3)4)29(32)16-18-31(27,7)28(23)15-17-30(25,26)6/h20-22,24-27,29,32H,8-19H2,1-7H3/t22-,24?,25-,26+,27?,29-,30-,31+/m1/s1. The summed E-state index contributed by atoms with van der Waals surface area (Å²) in [4.78, 5) is 0. The van der Waals surface area contributed by atoms with Gasteiger partial charge in [-0.15, -0.1) is 0 Å². The van der Waals surface area contributed by atoms with Gasteiger partial charge in [0.25, 0.3) is 0 Å². The van der Waals surface area contributed by atoms with Crippen LogP contribution in [0.2, 0.25) is 0 Å². The second-order valence-corrected chi connectivity index (χ2v) is 14.0. The predicted molar refractivity (Wildman–Crippen MR) is 137 cm³/mol. The van der Waals surface area contributed by atoms with Gasteiger partial charge < -0.3 is 5.11 Å². The van der Waals surface area contributed by atoms with E-state index in [0.717, 1.165) is 30.1 Å². The number of hydrogen-bond donors (Lipinski definition) is 1. The minimum atomic E-state index is -0.0611. The number of allylic oxidation sites excluding steroid dienone is 2. The van der Waals surface area contributed by atoms with Gasteiger partial charge in [0.05, 0.1) is 6.10 Å². The lowest BCUT2D eigenvalue weighted by molar-refractivity contribution is -0.0493. The van der Waals surface area contributed by atoms with E-state index >= 15 is 0 Å². The second-order valence-electron chi connectivity index (χ2n) is 14.0. The molecule has 1 N–H and O–H groups in total. The zero-order chi connectivity index (χ0) is 23.3. The van der Waals surface area contributed by atoms with Gasteiger partial charge in [0, 0.05) is 0 Å². The van der Waals surface area contributed by atoms with E-state index in [1.807, 2.05) is 11.1 Å². The molecule has 0 aromatic rings. The van der Waals surface area contributed by atoms with Crippen LogP contribution in [0.25, 0.3) is 0 Å². The summed E-state index contributed by atoms with van der Waals surface area (Å²) >= 11 is 0. The fourth-order valence-corrected chi connectivity index (χ4v) is 9.59. The summed E-state index contributed by atoms with van der Waals surface area (Å²) in [5.41, 5.74) is 4.73. The van der Waals surface area contributed by atoms with Crippen molar-refractivity contribution in [2.45, 2.75) is 132 Å². The van der Waals surface area contributed by atoms with Crippen LogP contribution in [0.3, 0.4) is 0 Å². The SMILES string of the molecule is CC(C)CCC[C@@H](C)[C@H]1CC[C@H]2C3=C(CC[C@]12C)[C@@]1(C)CC[C@@H](O)C(CC(C)C)C1CC3. The van der Waals surface area contributed by atoms with Crippen LogP contribution in [-0.2, 0) is 0 Å². The highest BCUT2D eigenvalue weighted by atomic mass is 16.3. The summed E-state index contributed by atoms with van der Waals surface area (Å²) in [5, 5.41) is 10.9. The van der Waals surface area contributed by atoms with E-state index in [0.29, 0.717) is 28.6 Å². The van der Waals surface area contributed by atoms with E-state index in [4.69, 9.17) is 0 Å². The molecule has 0 aromatic carbocycles. The molecule has 0 aliphatic heterocycles. The molecule has 2 fully saturated rings. The Hall–Kier alpha value is -0.300. The molecule has 4 rings (SSSR count). The predicted octanol–water partition coefficient (Wildman–Crippen LogP) is 8.81. The highest BCUT2D eigenvalue weighted by molar-refractivity contribution is 5.35. The Morgan fingerprint density at radius 2 is 1.62 bits per heavy atom. The van der Waals surface area contributed by atoms with Crippen LogP contribution in [0.1, 0.15) is 126 Å². The molecule has 2 unspecified atom stereocenters. The molecule has 0 saturated heterocycles. The molecule has 0 amide bonds. The Labute approximate surface area is 200 Å². The van der Waals surface area contributed by atoms with Crippen LogP contribution in [0.5, 0.6) is 0 Å². The Kier molecular flexibility index (Phi) is 7.28. The Morgan fingerprint density at radius 1 is 0.875 bits per heavy atom. The molecule has 32 heavy (non-hydrogen) atoms. The van der Waals surface area contributed by atoms with Crippen molar-refractivity contribution in [2.24, 2.45) is 52.3 Å². The zero-order valence-electron chi connectivity index (χ0n) is 22.6. The van der Waals surface area contributed by atoms with Gasteiger partial charge in [-0.25, -0.2) is 0 Å². The topological polar surface area (TPSA) is 20.2 Å². The number of rotatable bonds is 7. The first-order valence-electron chi connectivity index (χ1n) is 14.5. The van der Waals surface area contributed by atoms with Crippen molar-refractivity contribution >= 4 is 0 Å². The normalized spacial score (nSPS) is 42.8. The smallest absolute Gasteiger partial charge is 0.0571 e. The van der Waals surface area contributed by atoms with Crippen molar-refractivity contribution in [3.05, 3.63) is 11.1 Å². The molecular weight excluding hydrogens is 388 g/mol. The van der Waals surface area contributed by atoms with Gasteiger partial charge in [-0.3, -0.25) is 0 Å². The first kappa shape index (κ1) is 24.8. The summed E-state index contributed by atoms with van der Waals surface area (Å²) < 4.78 is 0. The fraction of sp³-hybridized carbons (Fsp3) is 0.935. The van der Waals surface area contributed by atoms with E-state index in [2.05, 4.69) is 48.5 Å². The first-order valence-corrected chi connectivity index (χ1v) is 14.5. The summed E-state index contributed by atoms with van der Waals surface area (Å²) in [6.07, 6.45) is 16.0. The second kappa shape index (κ2) is 9.39. The van der Waals surface area contributed by atoms with Gasteiger partial charge in [-0.2, -0.15) is 0 Å². The van der Waals surface area contributed by atoms with Gasteiger partial charge in [0.2, 0.25) is 0 Å². The van der Waals surface area contributed by atoms with Gasteiger partial charge in [0.1, 0.15) is 0 Å². The molecule has 0 aromatic heterocycles. The number of hydrogen-bond acceptors (Lipinski definition) is 1. The Morgan fingerprint density at radius 3 is 2.31 bits per heavy atom. The molecule has 4 aliphatic carbocycles. The number of aliphatic hydroxyl groups excluding tert-OH is 1. The van der Waals surface area contributed by atoms with E-state index < -0.39 is 0 Å². The van der Waals surface area contributed by atoms with E-state index in [9.17, 15) is 5.11 Å². The lowest BCUT2D eigenvalue weighted by atomic mass is 9.48. The van der Waals surface area contributed by atoms with Gasteiger partial charge >= 0.3 is 0 Å². The maximum absolute atomic E-state index is 10.9. The number of fused-ring (bicyclic) bond motifs is 4. The van der Waals surface area contributed by atoms with Crippen LogP contribution < -0.4 is 0 Å². The average Bonchev–Trinajstić information content (AvgIpc) is 3.07. The van der Waals surface area contributed by atoms with Crippen molar-refractivity contribution in [2.75, 3.05) is 0 Å². The molecule has 1 heteroatoms. The quantitative estimate of drug-likeness (QED) is 0.390. The Balaban J connectivity index is 1.55. The largest absolute Gasteiger partial charge is 0.393 e. The van der Waals surface area contributed by atoms with Crippen molar-refractivity contribution < 1.29 is 5.11 Å². The monoisotopic (exact) mass is 442 g/mol. The van der Waals surface area contributed by atoms with Crippen molar-refractivity contribution in [3.63, 3.8) is 0 Å². The van der Waals surface area contributed by atoms with Crippen molar-refractivity contribution in [3.8, 4) is 0 Å². The highest BCUT2D eigenvalue weighted by Crippen LogP contribution is 2.66. The van der Waals surface area contributed by atoms with Crippen LogP contribution in [0, 0.1) is 52.3 Å². The third-order valence-electron chi connectivity index (χ3n) is 11.2. The van der Waals surface area contributed by atoms with Crippen molar-refractivity contribution in [1.82, 2.24) is 0 Å². The molecule has 2 saturated carbocycles. The van der Waals surface area contributed by atoms with E-state index in [1.54, 1.807) is 0 Å². The molecular formula is C31H54O. The van der Waals surface area contributed by atoms with Crippen LogP contribution >= 0.6 is 0 Å². The van der Waals surface area contributed by atoms with Gasteiger partial charge in [-0.1, -0.05) is 78.9 Å². The molecule has 1 nitrogen and oxygen atoms in total. The van der Waals surface area contributed by atoms with Crippen molar-refractivity contribution in [1.29, 1.82) is 0 Å². The molecule has 0 bridgehead atoms. The lowest BCUT2D eigenvalue weighted by Gasteiger charge is -2.57. The molecule has 0 spiro atoms. The third kappa shape index (κ3) is 4.27. The van der Waals surface area contributed by atoms with Crippen LogP contribution in [0.4, 0.5) is 0 Å². The first-order chi connectivity index (χ1) is 15.1. The fourth-order valence-electron chi connectivity index (χ4n) is 9.59. The molecule has 0 heterocycles. The molecule has 4 aliphatic rings. The van der Waals surface area contributed by atoms with E-state index in [-0.39, 0.29) is 6.10 Å². The van der Waals surface area contributed by atoms with Gasteiger partial charge in [-0.05, 0) is 110 Å². The highest BCUT2D eigenvalue weighted by Gasteiger charge is 2.57. The Bertz CT molecular complexity index is 689. The molecule has 0 radical (unpaired) electrons. The maximum atomic E-state index is 10.9. The summed E-state index contributed by atoms with van der Waals surface area (Å²) in [6.45, 7) is 17.3. The van der Waals surface area contributed by atoms with Crippen LogP contribution in [-0.4, -0.2) is 11.2 Å². The summed E-state index contributed by atoms with van der Waals surface area (Å²) in [6, 6.07) is 0. The molecule has 184 valence electrons. The number of aliphatic hydroxyl groups is 1. The van der Waals surface area contributed by atoms with E-state index in [1.165, 1.54) is 70.6 Å². The maximum Gasteiger partial charge on any atom is 0.0571 e. The zero-order valence-corrected chi connectivity index (χ0v) is 22.6.